The van der Waals surface area contributed by atoms with Gasteiger partial charge in [-0.1, -0.05) is 133 Å². The maximum atomic E-state index is 10.1. The van der Waals surface area contributed by atoms with Gasteiger partial charge in [-0.25, -0.2) is 4.98 Å². The van der Waals surface area contributed by atoms with Crippen LogP contribution in [0.4, 0.5) is 0 Å². The van der Waals surface area contributed by atoms with E-state index in [0.29, 0.717) is 17.2 Å². The van der Waals surface area contributed by atoms with Crippen molar-refractivity contribution in [3.63, 3.8) is 0 Å². The monoisotopic (exact) mass is 570 g/mol. The van der Waals surface area contributed by atoms with E-state index in [1.807, 2.05) is 84.9 Å². The van der Waals surface area contributed by atoms with Gasteiger partial charge in [-0.15, -0.1) is 0 Å². The topological polar surface area (TPSA) is 62.5 Å². The molecule has 0 saturated carbocycles. The van der Waals surface area contributed by atoms with Crippen LogP contribution in [0, 0.1) is 11.3 Å². The van der Waals surface area contributed by atoms with Crippen LogP contribution in [0.25, 0.3) is 66.9 Å². The molecule has 0 amide bonds. The Hall–Kier alpha value is -5.63. The van der Waals surface area contributed by atoms with Gasteiger partial charge in [0.1, 0.15) is 0 Å². The lowest BCUT2D eigenvalue weighted by Gasteiger charge is -2.16. The molecule has 0 atom stereocenters. The lowest BCUT2D eigenvalue weighted by molar-refractivity contribution is 1.07. The molecule has 0 bridgehead atoms. The number of rotatable bonds is 5. The van der Waals surface area contributed by atoms with Crippen molar-refractivity contribution in [2.75, 3.05) is 0 Å². The molecule has 0 spiro atoms. The molecule has 0 aliphatic rings. The maximum absolute atomic E-state index is 10.1. The van der Waals surface area contributed by atoms with Gasteiger partial charge >= 0.3 is 0 Å². The summed E-state index contributed by atoms with van der Waals surface area (Å²) >= 11 is 6.32. The first-order chi connectivity index (χ1) is 21.2. The van der Waals surface area contributed by atoms with E-state index in [9.17, 15) is 5.26 Å². The van der Waals surface area contributed by atoms with Crippen LogP contribution in [-0.4, -0.2) is 15.0 Å². The second kappa shape index (κ2) is 11.3. The first kappa shape index (κ1) is 26.3. The third kappa shape index (κ3) is 5.15. The van der Waals surface area contributed by atoms with Gasteiger partial charge in [0.2, 0.25) is 5.28 Å². The first-order valence-electron chi connectivity index (χ1n) is 13.9. The Balaban J connectivity index is 1.35. The van der Waals surface area contributed by atoms with Crippen molar-refractivity contribution in [1.29, 1.82) is 5.26 Å². The summed E-state index contributed by atoms with van der Waals surface area (Å²) in [7, 11) is 0. The number of aromatic nitrogens is 3. The van der Waals surface area contributed by atoms with E-state index in [0.717, 1.165) is 55.3 Å². The number of hydrogen-bond donors (Lipinski definition) is 0. The molecule has 0 fully saturated rings. The van der Waals surface area contributed by atoms with Gasteiger partial charge in [-0.2, -0.15) is 15.2 Å². The summed E-state index contributed by atoms with van der Waals surface area (Å²) in [5, 5.41) is 12.2. The third-order valence-corrected chi connectivity index (χ3v) is 7.71. The molecule has 0 N–H and O–H groups in total. The van der Waals surface area contributed by atoms with E-state index >= 15 is 0 Å². The smallest absolute Gasteiger partial charge is 0.208 e. The summed E-state index contributed by atoms with van der Waals surface area (Å²) in [6.45, 7) is 0. The molecular weight excluding hydrogens is 548 g/mol. The van der Waals surface area contributed by atoms with Crippen molar-refractivity contribution in [3.8, 4) is 62.2 Å². The zero-order valence-corrected chi connectivity index (χ0v) is 23.7. The summed E-state index contributed by atoms with van der Waals surface area (Å²) in [6, 6.07) is 49.2. The number of fused-ring (bicyclic) bond motifs is 1. The van der Waals surface area contributed by atoms with E-state index in [-0.39, 0.29) is 5.28 Å². The Kier molecular flexibility index (Phi) is 6.92. The lowest BCUT2D eigenvalue weighted by atomic mass is 9.87. The second-order valence-electron chi connectivity index (χ2n) is 10.1. The Morgan fingerprint density at radius 1 is 0.465 bits per heavy atom. The summed E-state index contributed by atoms with van der Waals surface area (Å²) < 4.78 is 0. The average Bonchev–Trinajstić information content (AvgIpc) is 3.08. The van der Waals surface area contributed by atoms with Crippen molar-refractivity contribution in [2.45, 2.75) is 0 Å². The van der Waals surface area contributed by atoms with Crippen LogP contribution < -0.4 is 0 Å². The van der Waals surface area contributed by atoms with Crippen LogP contribution >= 0.6 is 11.6 Å². The predicted octanol–water partition coefficient (Wildman–Crippen LogP) is 9.88. The summed E-state index contributed by atoms with van der Waals surface area (Å²) in [5.41, 5.74) is 8.77. The van der Waals surface area contributed by atoms with Gasteiger partial charge in [0.15, 0.2) is 11.6 Å². The van der Waals surface area contributed by atoms with Crippen molar-refractivity contribution in [1.82, 2.24) is 15.0 Å². The molecule has 6 aromatic carbocycles. The molecule has 0 saturated heterocycles. The van der Waals surface area contributed by atoms with Gasteiger partial charge in [-0.05, 0) is 56.4 Å². The Labute approximate surface area is 254 Å². The molecule has 7 aromatic rings. The summed E-state index contributed by atoms with van der Waals surface area (Å²) in [4.78, 5) is 13.4. The Bertz CT molecular complexity index is 2120. The zero-order valence-electron chi connectivity index (χ0n) is 22.9. The van der Waals surface area contributed by atoms with E-state index < -0.39 is 0 Å². The highest BCUT2D eigenvalue weighted by atomic mass is 35.5. The summed E-state index contributed by atoms with van der Waals surface area (Å²) in [6.07, 6.45) is 0. The van der Waals surface area contributed by atoms with Crippen LogP contribution in [0.5, 0.6) is 0 Å². The Morgan fingerprint density at radius 2 is 0.930 bits per heavy atom. The summed E-state index contributed by atoms with van der Waals surface area (Å²) in [5.74, 6) is 1.03. The van der Waals surface area contributed by atoms with Crippen molar-refractivity contribution < 1.29 is 0 Å². The standard InChI is InChI=1S/C38H23ClN4/c39-38-42-36(29-11-5-2-6-12-29)41-37(43-38)30-21-19-28(20-22-30)35-33-14-8-7-13-32(33)31(24-40)23-34(35)27-17-15-26(16-18-27)25-9-3-1-4-10-25/h1-23H. The molecule has 0 aliphatic carbocycles. The molecule has 202 valence electrons. The minimum Gasteiger partial charge on any atom is -0.208 e. The minimum atomic E-state index is 0.146. The van der Waals surface area contributed by atoms with Crippen molar-refractivity contribution in [2.24, 2.45) is 0 Å². The SMILES string of the molecule is N#Cc1cc(-c2ccc(-c3ccccc3)cc2)c(-c2ccc(-c3nc(Cl)nc(-c4ccccc4)n3)cc2)c2ccccc12. The van der Waals surface area contributed by atoms with Gasteiger partial charge < -0.3 is 0 Å². The molecule has 0 radical (unpaired) electrons. The fourth-order valence-corrected chi connectivity index (χ4v) is 5.62. The Morgan fingerprint density at radius 3 is 1.56 bits per heavy atom. The molecule has 0 unspecified atom stereocenters. The van der Waals surface area contributed by atoms with Crippen molar-refractivity contribution in [3.05, 3.63) is 150 Å². The molecule has 5 heteroatoms. The van der Waals surface area contributed by atoms with Gasteiger partial charge in [0.05, 0.1) is 11.6 Å². The number of nitriles is 1. The molecule has 0 aliphatic heterocycles. The van der Waals surface area contributed by atoms with E-state index in [2.05, 4.69) is 70.6 Å². The van der Waals surface area contributed by atoms with Crippen LogP contribution in [0.3, 0.4) is 0 Å². The molecule has 7 rings (SSSR count). The van der Waals surface area contributed by atoms with Crippen LogP contribution in [0.1, 0.15) is 5.56 Å². The highest BCUT2D eigenvalue weighted by molar-refractivity contribution is 6.28. The van der Waals surface area contributed by atoms with Gasteiger partial charge in [-0.3, -0.25) is 0 Å². The fraction of sp³-hybridized carbons (Fsp3) is 0. The van der Waals surface area contributed by atoms with Crippen LogP contribution in [0.2, 0.25) is 5.28 Å². The zero-order chi connectivity index (χ0) is 29.2. The lowest BCUT2D eigenvalue weighted by Crippen LogP contribution is -1.97. The van der Waals surface area contributed by atoms with Crippen LogP contribution in [-0.2, 0) is 0 Å². The van der Waals surface area contributed by atoms with E-state index in [4.69, 9.17) is 16.6 Å². The fourth-order valence-electron chi connectivity index (χ4n) is 5.46. The molecular formula is C38H23ClN4. The molecule has 4 nitrogen and oxygen atoms in total. The predicted molar refractivity (Wildman–Crippen MR) is 174 cm³/mol. The number of benzene rings is 6. The highest BCUT2D eigenvalue weighted by Gasteiger charge is 2.17. The normalized spacial score (nSPS) is 10.9. The molecule has 1 aromatic heterocycles. The number of halogens is 1. The van der Waals surface area contributed by atoms with Gasteiger partial charge in [0.25, 0.3) is 0 Å². The average molecular weight is 571 g/mol. The second-order valence-corrected chi connectivity index (χ2v) is 10.5. The van der Waals surface area contributed by atoms with Crippen LogP contribution in [0.15, 0.2) is 140 Å². The quantitative estimate of drug-likeness (QED) is 0.206. The van der Waals surface area contributed by atoms with Gasteiger partial charge in [0, 0.05) is 16.5 Å². The largest absolute Gasteiger partial charge is 0.226 e. The third-order valence-electron chi connectivity index (χ3n) is 7.54. The van der Waals surface area contributed by atoms with E-state index in [1.165, 1.54) is 0 Å². The van der Waals surface area contributed by atoms with E-state index in [1.54, 1.807) is 0 Å². The highest BCUT2D eigenvalue weighted by Crippen LogP contribution is 2.41. The number of hydrogen-bond acceptors (Lipinski definition) is 4. The first-order valence-corrected chi connectivity index (χ1v) is 14.3. The number of nitrogens with zero attached hydrogens (tertiary/aromatic N) is 4. The van der Waals surface area contributed by atoms with Crippen molar-refractivity contribution >= 4 is 22.4 Å². The molecule has 43 heavy (non-hydrogen) atoms. The minimum absolute atomic E-state index is 0.146. The molecule has 1 heterocycles. The maximum Gasteiger partial charge on any atom is 0.226 e.